The van der Waals surface area contributed by atoms with Crippen molar-refractivity contribution in [2.45, 2.75) is 52.7 Å². The molecule has 1 aromatic heterocycles. The SMILES string of the molecule is C[C@H](N)C(=O)Nc1cccc(Cn2cc(-c3cc(F)ccc3F)nc2[C@H](N(CCCNC(=O)O)C(=O)CO)C(C)(C)C)c1. The number of nitrogens with two attached hydrogens (primary N) is 1. The third-order valence-corrected chi connectivity index (χ3v) is 6.66. The van der Waals surface area contributed by atoms with Gasteiger partial charge in [0.25, 0.3) is 0 Å². The molecule has 0 unspecified atom stereocenters. The van der Waals surface area contributed by atoms with E-state index < -0.39 is 47.7 Å². The van der Waals surface area contributed by atoms with Crippen LogP contribution >= 0.6 is 0 Å². The molecule has 6 N–H and O–H groups in total. The molecule has 0 aliphatic heterocycles. The number of carbonyl (C=O) groups is 3. The lowest BCUT2D eigenvalue weighted by molar-refractivity contribution is -0.139. The number of carbonyl (C=O) groups excluding carboxylic acids is 2. The number of aliphatic hydroxyl groups excluding tert-OH is 1. The quantitative estimate of drug-likeness (QED) is 0.198. The van der Waals surface area contributed by atoms with Crippen LogP contribution in [0.1, 0.15) is 51.5 Å². The number of rotatable bonds is 12. The average Bonchev–Trinajstić information content (AvgIpc) is 3.32. The van der Waals surface area contributed by atoms with E-state index in [0.717, 1.165) is 23.8 Å². The van der Waals surface area contributed by atoms with Crippen molar-refractivity contribution in [3.63, 3.8) is 0 Å². The summed E-state index contributed by atoms with van der Waals surface area (Å²) in [5.74, 6) is -1.98. The van der Waals surface area contributed by atoms with Gasteiger partial charge in [-0.25, -0.2) is 18.6 Å². The molecule has 3 amide bonds. The summed E-state index contributed by atoms with van der Waals surface area (Å²) in [6.07, 6.45) is 0.606. The summed E-state index contributed by atoms with van der Waals surface area (Å²) in [7, 11) is 0. The molecular formula is C30H38F2N6O5. The van der Waals surface area contributed by atoms with Gasteiger partial charge in [-0.15, -0.1) is 0 Å². The first-order valence-corrected chi connectivity index (χ1v) is 13.8. The second-order valence-electron chi connectivity index (χ2n) is 11.3. The van der Waals surface area contributed by atoms with Crippen LogP contribution in [0.3, 0.4) is 0 Å². The highest BCUT2D eigenvalue weighted by Crippen LogP contribution is 2.39. The summed E-state index contributed by atoms with van der Waals surface area (Å²) in [5, 5.41) is 23.8. The molecule has 0 fully saturated rings. The van der Waals surface area contributed by atoms with Gasteiger partial charge in [0.1, 0.15) is 24.1 Å². The smallest absolute Gasteiger partial charge is 0.404 e. The molecule has 3 aromatic rings. The zero-order chi connectivity index (χ0) is 31.9. The predicted octanol–water partition coefficient (Wildman–Crippen LogP) is 3.73. The van der Waals surface area contributed by atoms with E-state index in [1.54, 1.807) is 35.9 Å². The van der Waals surface area contributed by atoms with E-state index in [1.807, 2.05) is 26.8 Å². The van der Waals surface area contributed by atoms with Gasteiger partial charge < -0.3 is 36.0 Å². The van der Waals surface area contributed by atoms with E-state index in [4.69, 9.17) is 15.8 Å². The Labute approximate surface area is 248 Å². The van der Waals surface area contributed by atoms with Crippen molar-refractivity contribution < 1.29 is 33.4 Å². The van der Waals surface area contributed by atoms with Gasteiger partial charge in [-0.3, -0.25) is 9.59 Å². The molecule has 2 atom stereocenters. The molecule has 232 valence electrons. The van der Waals surface area contributed by atoms with Crippen molar-refractivity contribution in [2.75, 3.05) is 25.0 Å². The van der Waals surface area contributed by atoms with Gasteiger partial charge in [0.05, 0.1) is 17.8 Å². The Morgan fingerprint density at radius 2 is 1.86 bits per heavy atom. The number of halogens is 2. The highest BCUT2D eigenvalue weighted by molar-refractivity contribution is 5.94. The van der Waals surface area contributed by atoms with Gasteiger partial charge in [-0.1, -0.05) is 32.9 Å². The highest BCUT2D eigenvalue weighted by Gasteiger charge is 2.38. The Morgan fingerprint density at radius 1 is 1.14 bits per heavy atom. The van der Waals surface area contributed by atoms with E-state index in [1.165, 1.54) is 4.90 Å². The van der Waals surface area contributed by atoms with E-state index in [-0.39, 0.29) is 43.2 Å². The Bertz CT molecular complexity index is 1450. The molecule has 0 spiro atoms. The van der Waals surface area contributed by atoms with Crippen LogP contribution in [0.2, 0.25) is 0 Å². The molecule has 11 nitrogen and oxygen atoms in total. The number of carboxylic acid groups (broad SMARTS) is 1. The third-order valence-electron chi connectivity index (χ3n) is 6.66. The summed E-state index contributed by atoms with van der Waals surface area (Å²) in [5.41, 5.74) is 6.29. The zero-order valence-electron chi connectivity index (χ0n) is 24.6. The standard InChI is InChI=1S/C30H38F2N6O5/c1-18(33)28(41)35-21-8-5-7-19(13-21)15-37-16-24(22-14-20(31)9-10-23(22)32)36-27(37)26(30(2,3)4)38(25(40)17-39)12-6-11-34-29(42)43/h5,7-10,13-14,16,18,26,34,39H,6,11-12,15,17,33H2,1-4H3,(H,35,41)(H,42,43)/t18-,26-/m0/s1. The summed E-state index contributed by atoms with van der Waals surface area (Å²) in [6.45, 7) is 6.70. The highest BCUT2D eigenvalue weighted by atomic mass is 19.1. The number of nitrogens with zero attached hydrogens (tertiary/aromatic N) is 3. The molecule has 0 saturated carbocycles. The number of hydrogen-bond acceptors (Lipinski definition) is 6. The molecule has 3 rings (SSSR count). The third kappa shape index (κ3) is 8.82. The molecular weight excluding hydrogens is 562 g/mol. The van der Waals surface area contributed by atoms with E-state index >= 15 is 0 Å². The number of amides is 3. The molecule has 2 aromatic carbocycles. The van der Waals surface area contributed by atoms with Crippen molar-refractivity contribution in [2.24, 2.45) is 11.1 Å². The summed E-state index contributed by atoms with van der Waals surface area (Å²) in [4.78, 5) is 42.3. The van der Waals surface area contributed by atoms with E-state index in [2.05, 4.69) is 10.6 Å². The van der Waals surface area contributed by atoms with Crippen molar-refractivity contribution in [3.05, 3.63) is 71.7 Å². The molecule has 1 heterocycles. The number of anilines is 1. The predicted molar refractivity (Wildman–Crippen MR) is 157 cm³/mol. The first-order valence-electron chi connectivity index (χ1n) is 13.8. The Balaban J connectivity index is 2.14. The largest absolute Gasteiger partial charge is 0.465 e. The van der Waals surface area contributed by atoms with Gasteiger partial charge in [-0.05, 0) is 54.7 Å². The maximum Gasteiger partial charge on any atom is 0.404 e. The lowest BCUT2D eigenvalue weighted by Gasteiger charge is -2.40. The van der Waals surface area contributed by atoms with Crippen LogP contribution in [-0.2, 0) is 16.1 Å². The topological polar surface area (TPSA) is 163 Å². The fourth-order valence-corrected chi connectivity index (χ4v) is 4.73. The van der Waals surface area contributed by atoms with Crippen LogP contribution < -0.4 is 16.4 Å². The van der Waals surface area contributed by atoms with Gasteiger partial charge >= 0.3 is 6.09 Å². The van der Waals surface area contributed by atoms with Crippen LogP contribution in [0.15, 0.2) is 48.7 Å². The summed E-state index contributed by atoms with van der Waals surface area (Å²) in [6, 6.07) is 8.56. The number of nitrogens with one attached hydrogen (secondary N) is 2. The second kappa shape index (κ2) is 14.2. The fourth-order valence-electron chi connectivity index (χ4n) is 4.73. The molecule has 13 heteroatoms. The van der Waals surface area contributed by atoms with Crippen molar-refractivity contribution in [1.82, 2.24) is 19.8 Å². The molecule has 0 bridgehead atoms. The summed E-state index contributed by atoms with van der Waals surface area (Å²) < 4.78 is 30.8. The van der Waals surface area contributed by atoms with Crippen LogP contribution in [0.4, 0.5) is 19.3 Å². The Morgan fingerprint density at radius 3 is 2.49 bits per heavy atom. The number of aromatic nitrogens is 2. The van der Waals surface area contributed by atoms with Gasteiger partial charge in [0.2, 0.25) is 11.8 Å². The minimum atomic E-state index is -1.20. The van der Waals surface area contributed by atoms with Gasteiger partial charge in [0, 0.05) is 37.1 Å². The molecule has 0 saturated heterocycles. The number of aliphatic hydroxyl groups is 1. The van der Waals surface area contributed by atoms with Crippen LogP contribution in [0.5, 0.6) is 0 Å². The van der Waals surface area contributed by atoms with Crippen LogP contribution in [0.25, 0.3) is 11.3 Å². The second-order valence-corrected chi connectivity index (χ2v) is 11.3. The number of imidazole rings is 1. The van der Waals surface area contributed by atoms with Crippen molar-refractivity contribution >= 4 is 23.6 Å². The number of benzene rings is 2. The van der Waals surface area contributed by atoms with E-state index in [9.17, 15) is 28.3 Å². The molecule has 43 heavy (non-hydrogen) atoms. The fraction of sp³-hybridized carbons (Fsp3) is 0.400. The Hall–Kier alpha value is -4.36. The van der Waals surface area contributed by atoms with Crippen LogP contribution in [-0.4, -0.2) is 68.3 Å². The van der Waals surface area contributed by atoms with Gasteiger partial charge in [0.15, 0.2) is 0 Å². The van der Waals surface area contributed by atoms with E-state index in [0.29, 0.717) is 11.5 Å². The Kier molecular flexibility index (Phi) is 11.0. The summed E-state index contributed by atoms with van der Waals surface area (Å²) >= 11 is 0. The minimum absolute atomic E-state index is 0.0650. The lowest BCUT2D eigenvalue weighted by atomic mass is 9.84. The lowest BCUT2D eigenvalue weighted by Crippen LogP contribution is -2.45. The molecule has 0 aliphatic rings. The zero-order valence-corrected chi connectivity index (χ0v) is 24.6. The first-order chi connectivity index (χ1) is 20.2. The van der Waals surface area contributed by atoms with Gasteiger partial charge in [-0.2, -0.15) is 0 Å². The van der Waals surface area contributed by atoms with Crippen molar-refractivity contribution in [1.29, 1.82) is 0 Å². The maximum absolute atomic E-state index is 14.9. The monoisotopic (exact) mass is 600 g/mol. The normalized spacial score (nSPS) is 12.8. The minimum Gasteiger partial charge on any atom is -0.465 e. The average molecular weight is 601 g/mol. The number of hydrogen-bond donors (Lipinski definition) is 5. The molecule has 0 radical (unpaired) electrons. The van der Waals surface area contributed by atoms with Crippen LogP contribution in [0, 0.1) is 17.0 Å². The molecule has 0 aliphatic carbocycles. The first kappa shape index (κ1) is 33.1. The maximum atomic E-state index is 14.9. The van der Waals surface area contributed by atoms with Crippen molar-refractivity contribution in [3.8, 4) is 11.3 Å².